The van der Waals surface area contributed by atoms with E-state index < -0.39 is 5.97 Å². The highest BCUT2D eigenvalue weighted by Crippen LogP contribution is 2.33. The van der Waals surface area contributed by atoms with Gasteiger partial charge in [-0.2, -0.15) is 0 Å². The number of nitrogen functional groups attached to an aromatic ring is 1. The lowest BCUT2D eigenvalue weighted by Gasteiger charge is -2.16. The molecule has 4 N–H and O–H groups in total. The van der Waals surface area contributed by atoms with Crippen molar-refractivity contribution in [1.82, 2.24) is 0 Å². The average molecular weight is 382 g/mol. The lowest BCUT2D eigenvalue weighted by Crippen LogP contribution is -1.98. The maximum atomic E-state index is 10.7. The van der Waals surface area contributed by atoms with Gasteiger partial charge in [-0.15, -0.1) is 0 Å². The standard InChI is InChI=1S/C25H22N2O2/c1-17(19-5-3-2-4-6-19)25(21-12-13-23(27)22(15-21)16-26)20-10-7-18(8-11-20)9-14-24(28)29/h2-16,26H,27H2,1H3,(H,28,29)/b14-9+,25-17+,26-16?. The summed E-state index contributed by atoms with van der Waals surface area (Å²) in [6.45, 7) is 2.07. The summed E-state index contributed by atoms with van der Waals surface area (Å²) in [4.78, 5) is 10.7. The predicted molar refractivity (Wildman–Crippen MR) is 120 cm³/mol. The van der Waals surface area contributed by atoms with Gasteiger partial charge in [0.1, 0.15) is 0 Å². The Hall–Kier alpha value is -3.92. The Morgan fingerprint density at radius 3 is 2.21 bits per heavy atom. The van der Waals surface area contributed by atoms with E-state index >= 15 is 0 Å². The summed E-state index contributed by atoms with van der Waals surface area (Å²) >= 11 is 0. The van der Waals surface area contributed by atoms with E-state index in [-0.39, 0.29) is 0 Å². The molecule has 0 fully saturated rings. The molecule has 0 saturated carbocycles. The Morgan fingerprint density at radius 2 is 1.59 bits per heavy atom. The molecule has 4 heteroatoms. The second kappa shape index (κ2) is 8.85. The van der Waals surface area contributed by atoms with Crippen LogP contribution in [0.15, 0.2) is 78.9 Å². The fourth-order valence-electron chi connectivity index (χ4n) is 3.22. The number of hydrogen-bond donors (Lipinski definition) is 3. The predicted octanol–water partition coefficient (Wildman–Crippen LogP) is 5.34. The van der Waals surface area contributed by atoms with Crippen LogP contribution < -0.4 is 5.73 Å². The molecular weight excluding hydrogens is 360 g/mol. The van der Waals surface area contributed by atoms with Crippen LogP contribution in [-0.4, -0.2) is 17.3 Å². The van der Waals surface area contributed by atoms with Crippen molar-refractivity contribution in [1.29, 1.82) is 5.41 Å². The summed E-state index contributed by atoms with van der Waals surface area (Å²) in [5.41, 5.74) is 13.2. The largest absolute Gasteiger partial charge is 0.478 e. The highest BCUT2D eigenvalue weighted by atomic mass is 16.4. The van der Waals surface area contributed by atoms with Crippen LogP contribution in [-0.2, 0) is 4.79 Å². The van der Waals surface area contributed by atoms with Gasteiger partial charge in [0.05, 0.1) is 0 Å². The lowest BCUT2D eigenvalue weighted by atomic mass is 9.89. The minimum atomic E-state index is -0.976. The number of nitrogens with one attached hydrogen (secondary N) is 1. The number of hydrogen-bond acceptors (Lipinski definition) is 3. The van der Waals surface area contributed by atoms with Crippen LogP contribution >= 0.6 is 0 Å². The number of rotatable bonds is 6. The molecule has 0 aliphatic rings. The Labute approximate surface area is 170 Å². The van der Waals surface area contributed by atoms with E-state index in [1.165, 1.54) is 6.21 Å². The fourth-order valence-corrected chi connectivity index (χ4v) is 3.22. The molecule has 3 aromatic carbocycles. The van der Waals surface area contributed by atoms with Gasteiger partial charge in [0, 0.05) is 23.5 Å². The third-order valence-corrected chi connectivity index (χ3v) is 4.73. The second-order valence-electron chi connectivity index (χ2n) is 6.65. The van der Waals surface area contributed by atoms with Gasteiger partial charge in [0.25, 0.3) is 0 Å². The van der Waals surface area contributed by atoms with Gasteiger partial charge >= 0.3 is 5.97 Å². The SMILES string of the molecule is C/C(=C(/c1ccc(/C=C/C(=O)O)cc1)c1ccc(N)c(C=N)c1)c1ccccc1. The molecule has 3 rings (SSSR count). The van der Waals surface area contributed by atoms with Crippen LogP contribution in [0.1, 0.15) is 34.7 Å². The minimum Gasteiger partial charge on any atom is -0.478 e. The van der Waals surface area contributed by atoms with Crippen molar-refractivity contribution in [3.8, 4) is 0 Å². The zero-order chi connectivity index (χ0) is 20.8. The maximum Gasteiger partial charge on any atom is 0.328 e. The number of benzene rings is 3. The van der Waals surface area contributed by atoms with E-state index in [0.717, 1.165) is 39.5 Å². The van der Waals surface area contributed by atoms with Crippen LogP contribution in [0, 0.1) is 5.41 Å². The summed E-state index contributed by atoms with van der Waals surface area (Å²) < 4.78 is 0. The molecule has 0 aromatic heterocycles. The van der Waals surface area contributed by atoms with Gasteiger partial charge in [0.15, 0.2) is 0 Å². The molecule has 0 aliphatic heterocycles. The second-order valence-corrected chi connectivity index (χ2v) is 6.65. The van der Waals surface area contributed by atoms with E-state index in [4.69, 9.17) is 16.2 Å². The van der Waals surface area contributed by atoms with E-state index in [1.54, 1.807) is 6.08 Å². The van der Waals surface area contributed by atoms with Crippen molar-refractivity contribution in [2.75, 3.05) is 5.73 Å². The van der Waals surface area contributed by atoms with Crippen molar-refractivity contribution in [3.63, 3.8) is 0 Å². The Kier molecular flexibility index (Phi) is 6.05. The first-order chi connectivity index (χ1) is 14.0. The molecule has 0 atom stereocenters. The highest BCUT2D eigenvalue weighted by Gasteiger charge is 2.12. The Balaban J connectivity index is 2.16. The molecule has 0 radical (unpaired) electrons. The summed E-state index contributed by atoms with van der Waals surface area (Å²) in [6.07, 6.45) is 3.95. The van der Waals surface area contributed by atoms with Crippen molar-refractivity contribution in [2.45, 2.75) is 6.92 Å². The van der Waals surface area contributed by atoms with Gasteiger partial charge < -0.3 is 16.2 Å². The van der Waals surface area contributed by atoms with Crippen molar-refractivity contribution in [3.05, 3.63) is 107 Å². The van der Waals surface area contributed by atoms with E-state index in [1.807, 2.05) is 60.7 Å². The van der Waals surface area contributed by atoms with Gasteiger partial charge in [-0.05, 0) is 58.5 Å². The third kappa shape index (κ3) is 4.68. The van der Waals surface area contributed by atoms with Crippen molar-refractivity contribution < 1.29 is 9.90 Å². The van der Waals surface area contributed by atoms with Crippen LogP contribution in [0.3, 0.4) is 0 Å². The molecule has 29 heavy (non-hydrogen) atoms. The molecule has 0 spiro atoms. The monoisotopic (exact) mass is 382 g/mol. The molecule has 0 bridgehead atoms. The first-order valence-corrected chi connectivity index (χ1v) is 9.17. The number of carbonyl (C=O) groups is 1. The van der Waals surface area contributed by atoms with Crippen LogP contribution in [0.5, 0.6) is 0 Å². The molecule has 4 nitrogen and oxygen atoms in total. The number of nitrogens with two attached hydrogens (primary N) is 1. The summed E-state index contributed by atoms with van der Waals surface area (Å²) in [6, 6.07) is 23.5. The zero-order valence-corrected chi connectivity index (χ0v) is 16.1. The molecule has 0 heterocycles. The van der Waals surface area contributed by atoms with Gasteiger partial charge in [-0.3, -0.25) is 0 Å². The van der Waals surface area contributed by atoms with E-state index in [2.05, 4.69) is 19.1 Å². The number of carboxylic acid groups (broad SMARTS) is 1. The van der Waals surface area contributed by atoms with Gasteiger partial charge in [-0.25, -0.2) is 4.79 Å². The zero-order valence-electron chi connectivity index (χ0n) is 16.1. The number of aliphatic carboxylic acids is 1. The van der Waals surface area contributed by atoms with Gasteiger partial charge in [-0.1, -0.05) is 60.7 Å². The Morgan fingerprint density at radius 1 is 0.931 bits per heavy atom. The number of anilines is 1. The smallest absolute Gasteiger partial charge is 0.328 e. The van der Waals surface area contributed by atoms with Crippen LogP contribution in [0.25, 0.3) is 17.2 Å². The summed E-state index contributed by atoms with van der Waals surface area (Å²) in [7, 11) is 0. The number of carboxylic acids is 1. The van der Waals surface area contributed by atoms with Crippen molar-refractivity contribution in [2.24, 2.45) is 0 Å². The van der Waals surface area contributed by atoms with Gasteiger partial charge in [0.2, 0.25) is 0 Å². The summed E-state index contributed by atoms with van der Waals surface area (Å²) in [5, 5.41) is 16.4. The fraction of sp³-hybridized carbons (Fsp3) is 0.0400. The quantitative estimate of drug-likeness (QED) is 0.233. The topological polar surface area (TPSA) is 87.2 Å². The first-order valence-electron chi connectivity index (χ1n) is 9.17. The van der Waals surface area contributed by atoms with Crippen LogP contribution in [0.4, 0.5) is 5.69 Å². The van der Waals surface area contributed by atoms with E-state index in [9.17, 15) is 4.79 Å². The maximum absolute atomic E-state index is 10.7. The highest BCUT2D eigenvalue weighted by molar-refractivity contribution is 5.99. The lowest BCUT2D eigenvalue weighted by molar-refractivity contribution is -0.131. The van der Waals surface area contributed by atoms with Crippen molar-refractivity contribution >= 4 is 35.1 Å². The molecule has 0 unspecified atom stereocenters. The normalized spacial score (nSPS) is 11.9. The molecule has 0 aliphatic carbocycles. The Bertz CT molecular complexity index is 1100. The molecule has 0 amide bonds. The summed E-state index contributed by atoms with van der Waals surface area (Å²) in [5.74, 6) is -0.976. The molecule has 0 saturated heterocycles. The van der Waals surface area contributed by atoms with E-state index in [0.29, 0.717) is 11.3 Å². The first kappa shape index (κ1) is 19.8. The molecule has 144 valence electrons. The van der Waals surface area contributed by atoms with Crippen LogP contribution in [0.2, 0.25) is 0 Å². The minimum absolute atomic E-state index is 0.564. The average Bonchev–Trinajstić information content (AvgIpc) is 2.75. The molecule has 3 aromatic rings. The number of allylic oxidation sites excluding steroid dienone is 1. The third-order valence-electron chi connectivity index (χ3n) is 4.73. The molecular formula is C25H22N2O2.